The van der Waals surface area contributed by atoms with E-state index < -0.39 is 11.2 Å². The zero-order chi connectivity index (χ0) is 19.2. The number of carboxylic acids is 1. The Morgan fingerprint density at radius 2 is 1.96 bits per heavy atom. The molecule has 0 aliphatic carbocycles. The summed E-state index contributed by atoms with van der Waals surface area (Å²) in [5.74, 6) is 0.585. The molecule has 7 nitrogen and oxygen atoms in total. The van der Waals surface area contributed by atoms with Gasteiger partial charge in [-0.2, -0.15) is 9.61 Å². The van der Waals surface area contributed by atoms with E-state index in [4.69, 9.17) is 4.74 Å². The van der Waals surface area contributed by atoms with Crippen molar-refractivity contribution in [2.24, 2.45) is 0 Å². The Morgan fingerprint density at radius 3 is 2.63 bits per heavy atom. The number of rotatable bonds is 9. The molecule has 0 aliphatic heterocycles. The standard InChI is InChI=1S/C19H22N4O3S/c1-3-5-6-15(19(24)25)27-17-12-11-16-20-21-18(23(16)22-17)13-7-9-14(10-8-13)26-4-2/h7-12,15H,3-6H2,1-2H3,(H,24,25)/t15-/m0/s1. The van der Waals surface area contributed by atoms with Gasteiger partial charge in [0.05, 0.1) is 6.61 Å². The fourth-order valence-corrected chi connectivity index (χ4v) is 3.60. The molecule has 0 aliphatic rings. The lowest BCUT2D eigenvalue weighted by Crippen LogP contribution is -2.16. The highest BCUT2D eigenvalue weighted by molar-refractivity contribution is 8.00. The Morgan fingerprint density at radius 1 is 1.19 bits per heavy atom. The van der Waals surface area contributed by atoms with Gasteiger partial charge in [0.1, 0.15) is 16.0 Å². The molecule has 142 valence electrons. The highest BCUT2D eigenvalue weighted by atomic mass is 32.2. The first-order chi connectivity index (χ1) is 13.1. The molecule has 0 bridgehead atoms. The minimum atomic E-state index is -0.814. The molecule has 3 rings (SSSR count). The van der Waals surface area contributed by atoms with E-state index in [-0.39, 0.29) is 0 Å². The van der Waals surface area contributed by atoms with Crippen LogP contribution < -0.4 is 4.74 Å². The van der Waals surface area contributed by atoms with Gasteiger partial charge in [0.15, 0.2) is 11.5 Å². The van der Waals surface area contributed by atoms with E-state index in [1.807, 2.05) is 38.1 Å². The molecular formula is C19H22N4O3S. The molecule has 8 heteroatoms. The van der Waals surface area contributed by atoms with Crippen LogP contribution in [0.5, 0.6) is 5.75 Å². The third-order valence-corrected chi connectivity index (χ3v) is 5.20. The molecule has 2 aromatic heterocycles. The van der Waals surface area contributed by atoms with Crippen LogP contribution >= 0.6 is 11.8 Å². The summed E-state index contributed by atoms with van der Waals surface area (Å²) in [7, 11) is 0. The SMILES string of the molecule is CCCC[C@H](Sc1ccc2nnc(-c3ccc(OCC)cc3)n2n1)C(=O)O. The summed E-state index contributed by atoms with van der Waals surface area (Å²) in [5, 5.41) is 22.5. The Bertz CT molecular complexity index is 911. The number of carboxylic acid groups (broad SMARTS) is 1. The minimum absolute atomic E-state index is 0.514. The van der Waals surface area contributed by atoms with Gasteiger partial charge in [0.25, 0.3) is 0 Å². The summed E-state index contributed by atoms with van der Waals surface area (Å²) >= 11 is 1.26. The van der Waals surface area contributed by atoms with Crippen molar-refractivity contribution < 1.29 is 14.6 Å². The molecule has 27 heavy (non-hydrogen) atoms. The molecule has 0 radical (unpaired) electrons. The van der Waals surface area contributed by atoms with Crippen LogP contribution in [0.4, 0.5) is 0 Å². The molecule has 0 unspecified atom stereocenters. The minimum Gasteiger partial charge on any atom is -0.494 e. The van der Waals surface area contributed by atoms with Crippen molar-refractivity contribution in [3.63, 3.8) is 0 Å². The predicted molar refractivity (Wildman–Crippen MR) is 104 cm³/mol. The van der Waals surface area contributed by atoms with Gasteiger partial charge in [0.2, 0.25) is 0 Å². The topological polar surface area (TPSA) is 89.6 Å². The van der Waals surface area contributed by atoms with Crippen LogP contribution in [0.2, 0.25) is 0 Å². The van der Waals surface area contributed by atoms with Crippen LogP contribution in [0.25, 0.3) is 17.0 Å². The third-order valence-electron chi connectivity index (χ3n) is 4.02. The van der Waals surface area contributed by atoms with Crippen LogP contribution in [-0.2, 0) is 4.79 Å². The maximum atomic E-state index is 11.5. The number of hydrogen-bond acceptors (Lipinski definition) is 6. The lowest BCUT2D eigenvalue weighted by molar-refractivity contribution is -0.136. The maximum Gasteiger partial charge on any atom is 0.317 e. The summed E-state index contributed by atoms with van der Waals surface area (Å²) in [6.07, 6.45) is 2.45. The van der Waals surface area contributed by atoms with E-state index >= 15 is 0 Å². The summed E-state index contributed by atoms with van der Waals surface area (Å²) in [6, 6.07) is 11.2. The predicted octanol–water partition coefficient (Wildman–Crippen LogP) is 3.93. The van der Waals surface area contributed by atoms with Crippen molar-refractivity contribution in [1.82, 2.24) is 19.8 Å². The Kier molecular flexibility index (Phi) is 6.28. The van der Waals surface area contributed by atoms with Crippen molar-refractivity contribution in [3.8, 4) is 17.1 Å². The molecule has 1 aromatic carbocycles. The van der Waals surface area contributed by atoms with Gasteiger partial charge >= 0.3 is 5.97 Å². The first kappa shape index (κ1) is 19.2. The smallest absolute Gasteiger partial charge is 0.317 e. The first-order valence-corrected chi connectivity index (χ1v) is 9.85. The van der Waals surface area contributed by atoms with Gasteiger partial charge in [-0.15, -0.1) is 10.2 Å². The summed E-state index contributed by atoms with van der Waals surface area (Å²) in [5.41, 5.74) is 1.48. The third kappa shape index (κ3) is 4.57. The summed E-state index contributed by atoms with van der Waals surface area (Å²) < 4.78 is 7.12. The molecule has 1 atom stereocenters. The number of ether oxygens (including phenoxy) is 1. The van der Waals surface area contributed by atoms with Crippen molar-refractivity contribution in [1.29, 1.82) is 0 Å². The van der Waals surface area contributed by atoms with Crippen LogP contribution in [0.1, 0.15) is 33.1 Å². The summed E-state index contributed by atoms with van der Waals surface area (Å²) in [6.45, 7) is 4.60. The molecule has 0 fully saturated rings. The number of aromatic nitrogens is 4. The second-order valence-corrected chi connectivity index (χ2v) is 7.23. The fraction of sp³-hybridized carbons (Fsp3) is 0.368. The van der Waals surface area contributed by atoms with E-state index in [9.17, 15) is 9.90 Å². The average molecular weight is 386 g/mol. The van der Waals surface area contributed by atoms with E-state index in [0.717, 1.165) is 24.2 Å². The second kappa shape index (κ2) is 8.85. The normalized spacial score (nSPS) is 12.2. The van der Waals surface area contributed by atoms with Gasteiger partial charge in [-0.1, -0.05) is 31.5 Å². The van der Waals surface area contributed by atoms with E-state index in [0.29, 0.717) is 29.5 Å². The number of aliphatic carboxylic acids is 1. The number of hydrogen-bond donors (Lipinski definition) is 1. The van der Waals surface area contributed by atoms with Crippen LogP contribution in [-0.4, -0.2) is 42.7 Å². The number of thioether (sulfide) groups is 1. The van der Waals surface area contributed by atoms with Gasteiger partial charge in [-0.3, -0.25) is 4.79 Å². The molecule has 0 saturated carbocycles. The van der Waals surface area contributed by atoms with Crippen molar-refractivity contribution >= 4 is 23.4 Å². The molecule has 0 spiro atoms. The summed E-state index contributed by atoms with van der Waals surface area (Å²) in [4.78, 5) is 11.5. The zero-order valence-corrected chi connectivity index (χ0v) is 16.1. The lowest BCUT2D eigenvalue weighted by atomic mass is 10.2. The average Bonchev–Trinajstić information content (AvgIpc) is 3.09. The molecule has 1 N–H and O–H groups in total. The van der Waals surface area contributed by atoms with Gasteiger partial charge in [-0.25, -0.2) is 0 Å². The van der Waals surface area contributed by atoms with Gasteiger partial charge in [0, 0.05) is 5.56 Å². The number of nitrogens with zero attached hydrogens (tertiary/aromatic N) is 4. The van der Waals surface area contributed by atoms with E-state index in [2.05, 4.69) is 15.3 Å². The number of carbonyl (C=O) groups is 1. The Balaban J connectivity index is 1.88. The fourth-order valence-electron chi connectivity index (χ4n) is 2.65. The Labute approximate surface area is 161 Å². The van der Waals surface area contributed by atoms with E-state index in [1.165, 1.54) is 11.8 Å². The molecule has 0 saturated heterocycles. The van der Waals surface area contributed by atoms with Crippen molar-refractivity contribution in [2.75, 3.05) is 6.61 Å². The Hall–Kier alpha value is -2.61. The monoisotopic (exact) mass is 386 g/mol. The van der Waals surface area contributed by atoms with E-state index in [1.54, 1.807) is 16.6 Å². The van der Waals surface area contributed by atoms with Crippen LogP contribution in [0.3, 0.4) is 0 Å². The van der Waals surface area contributed by atoms with Gasteiger partial charge in [-0.05, 0) is 49.7 Å². The molecule has 3 aromatic rings. The molecular weight excluding hydrogens is 364 g/mol. The van der Waals surface area contributed by atoms with Crippen LogP contribution in [0.15, 0.2) is 41.4 Å². The van der Waals surface area contributed by atoms with Crippen molar-refractivity contribution in [2.45, 2.75) is 43.4 Å². The number of benzene rings is 1. The highest BCUT2D eigenvalue weighted by Crippen LogP contribution is 2.27. The molecule has 0 amide bonds. The zero-order valence-electron chi connectivity index (χ0n) is 15.3. The lowest BCUT2D eigenvalue weighted by Gasteiger charge is -2.11. The number of unbranched alkanes of at least 4 members (excludes halogenated alkanes) is 1. The van der Waals surface area contributed by atoms with Gasteiger partial charge < -0.3 is 9.84 Å². The largest absolute Gasteiger partial charge is 0.494 e. The van der Waals surface area contributed by atoms with Crippen molar-refractivity contribution in [3.05, 3.63) is 36.4 Å². The number of fused-ring (bicyclic) bond motifs is 1. The quantitative estimate of drug-likeness (QED) is 0.557. The highest BCUT2D eigenvalue weighted by Gasteiger charge is 2.20. The molecule has 2 heterocycles. The maximum absolute atomic E-state index is 11.5. The first-order valence-electron chi connectivity index (χ1n) is 8.97. The second-order valence-electron chi connectivity index (χ2n) is 6.01. The van der Waals surface area contributed by atoms with Crippen LogP contribution in [0, 0.1) is 0 Å².